The first-order valence-corrected chi connectivity index (χ1v) is 10.6. The van der Waals surface area contributed by atoms with E-state index in [0.29, 0.717) is 12.0 Å². The zero-order chi connectivity index (χ0) is 20.0. The predicted octanol–water partition coefficient (Wildman–Crippen LogP) is 7.11. The monoisotopic (exact) mass is 381 g/mol. The minimum absolute atomic E-state index is 0.437. The molecule has 2 aliphatic carbocycles. The van der Waals surface area contributed by atoms with E-state index >= 15 is 0 Å². The summed E-state index contributed by atoms with van der Waals surface area (Å²) in [7, 11) is 0. The molecule has 1 aromatic rings. The minimum atomic E-state index is 0.437. The molecule has 3 rings (SSSR count). The summed E-state index contributed by atoms with van der Waals surface area (Å²) in [5.41, 5.74) is 2.56. The lowest BCUT2D eigenvalue weighted by molar-refractivity contribution is 0.348. The molecule has 2 atom stereocenters. The molecule has 0 aromatic heterocycles. The van der Waals surface area contributed by atoms with Crippen molar-refractivity contribution >= 4 is 0 Å². The van der Waals surface area contributed by atoms with Crippen molar-refractivity contribution in [3.63, 3.8) is 0 Å². The van der Waals surface area contributed by atoms with Crippen LogP contribution < -0.4 is 5.32 Å². The SMILES string of the molecule is C1=C\C=C/C=C(NC2CCCCC2c2ccccccccc2)\C=C/C=C/C=C1. The van der Waals surface area contributed by atoms with Gasteiger partial charge in [0.1, 0.15) is 0 Å². The lowest BCUT2D eigenvalue weighted by Gasteiger charge is -2.33. The maximum atomic E-state index is 3.84. The van der Waals surface area contributed by atoms with E-state index in [1.54, 1.807) is 0 Å². The Kier molecular flexibility index (Phi) is 8.84. The average molecular weight is 382 g/mol. The van der Waals surface area contributed by atoms with Crippen LogP contribution in [0.4, 0.5) is 0 Å². The van der Waals surface area contributed by atoms with Gasteiger partial charge < -0.3 is 5.32 Å². The first kappa shape index (κ1) is 20.7. The Bertz CT molecular complexity index is 840. The summed E-state index contributed by atoms with van der Waals surface area (Å²) < 4.78 is 0. The summed E-state index contributed by atoms with van der Waals surface area (Å²) in [6.07, 6.45) is 27.9. The van der Waals surface area contributed by atoms with Crippen LogP contribution in [0.15, 0.2) is 127 Å². The van der Waals surface area contributed by atoms with E-state index in [4.69, 9.17) is 0 Å². The zero-order valence-electron chi connectivity index (χ0n) is 17.0. The molecular formula is C28H31N. The molecule has 0 saturated heterocycles. The van der Waals surface area contributed by atoms with Gasteiger partial charge in [0, 0.05) is 17.7 Å². The van der Waals surface area contributed by atoms with E-state index in [-0.39, 0.29) is 0 Å². The molecule has 0 spiro atoms. The molecule has 1 heteroatoms. The van der Waals surface area contributed by atoms with Crippen molar-refractivity contribution in [3.05, 3.63) is 133 Å². The van der Waals surface area contributed by atoms with Crippen molar-refractivity contribution in [1.29, 1.82) is 0 Å². The summed E-state index contributed by atoms with van der Waals surface area (Å²) in [4.78, 5) is 0. The molecule has 0 radical (unpaired) electrons. The maximum Gasteiger partial charge on any atom is 0.0342 e. The van der Waals surface area contributed by atoms with Crippen LogP contribution in [0, 0.1) is 0 Å². The molecule has 2 aliphatic rings. The fourth-order valence-electron chi connectivity index (χ4n) is 3.79. The van der Waals surface area contributed by atoms with Gasteiger partial charge in [0.2, 0.25) is 0 Å². The molecule has 1 nitrogen and oxygen atoms in total. The second-order valence-corrected chi connectivity index (χ2v) is 7.34. The van der Waals surface area contributed by atoms with Crippen molar-refractivity contribution in [2.24, 2.45) is 0 Å². The Morgan fingerprint density at radius 2 is 1.14 bits per heavy atom. The topological polar surface area (TPSA) is 12.0 Å². The van der Waals surface area contributed by atoms with E-state index < -0.39 is 0 Å². The molecule has 29 heavy (non-hydrogen) atoms. The minimum Gasteiger partial charge on any atom is -0.382 e. The van der Waals surface area contributed by atoms with Gasteiger partial charge >= 0.3 is 0 Å². The van der Waals surface area contributed by atoms with Crippen LogP contribution in [0.1, 0.15) is 37.2 Å². The van der Waals surface area contributed by atoms with Crippen molar-refractivity contribution in [2.45, 2.75) is 37.6 Å². The molecule has 0 aliphatic heterocycles. The highest BCUT2D eigenvalue weighted by atomic mass is 14.9. The summed E-state index contributed by atoms with van der Waals surface area (Å²) in [5, 5.41) is 3.84. The summed E-state index contributed by atoms with van der Waals surface area (Å²) in [5.74, 6) is 0.513. The second kappa shape index (κ2) is 12.4. The average Bonchev–Trinajstić information content (AvgIpc) is 2.74. The van der Waals surface area contributed by atoms with E-state index in [2.05, 4.69) is 109 Å². The smallest absolute Gasteiger partial charge is 0.0342 e. The van der Waals surface area contributed by atoms with Crippen LogP contribution in [0.25, 0.3) is 0 Å². The molecule has 0 amide bonds. The fraction of sp³-hybridized carbons (Fsp3) is 0.214. The van der Waals surface area contributed by atoms with Crippen LogP contribution >= 0.6 is 0 Å². The van der Waals surface area contributed by atoms with E-state index in [1.165, 1.54) is 31.2 Å². The third-order valence-corrected chi connectivity index (χ3v) is 5.23. The highest BCUT2D eigenvalue weighted by Crippen LogP contribution is 2.33. The van der Waals surface area contributed by atoms with Gasteiger partial charge in [0.25, 0.3) is 0 Å². The molecule has 0 heterocycles. The molecule has 1 saturated carbocycles. The number of hydrogen-bond donors (Lipinski definition) is 1. The highest BCUT2D eigenvalue weighted by Gasteiger charge is 2.26. The van der Waals surface area contributed by atoms with Gasteiger partial charge in [-0.15, -0.1) is 0 Å². The lowest BCUT2D eigenvalue weighted by atomic mass is 9.80. The van der Waals surface area contributed by atoms with Gasteiger partial charge in [0.05, 0.1) is 0 Å². The van der Waals surface area contributed by atoms with Crippen LogP contribution in [0.3, 0.4) is 0 Å². The molecule has 1 N–H and O–H groups in total. The van der Waals surface area contributed by atoms with Crippen LogP contribution in [0.5, 0.6) is 0 Å². The predicted molar refractivity (Wildman–Crippen MR) is 126 cm³/mol. The standard InChI is InChI=1S/C28H31N/c1-2-7-11-15-21-26(22-16-12-8-3-1)29-28-24-18-17-23-27(28)25-19-13-9-5-4-6-10-14-20-25/h1-16,19-22,27-29H,17-18,23-24H2/b2-1?,3-1?,5-4?,6-4?,7-2?,8-3?,9-5?,10-6?,11-7+,12-8?,13-9?,14-10?,15-11?,16-12-,19-13?,20-14?,21-15-,22-16?,25-19?,25-20?,26-21?,26-22+. The molecule has 1 fully saturated rings. The van der Waals surface area contributed by atoms with Gasteiger partial charge in [0.15, 0.2) is 0 Å². The van der Waals surface area contributed by atoms with Crippen LogP contribution in [-0.2, 0) is 0 Å². The number of nitrogens with one attached hydrogen (secondary N) is 1. The first-order valence-electron chi connectivity index (χ1n) is 10.6. The second-order valence-electron chi connectivity index (χ2n) is 7.34. The largest absolute Gasteiger partial charge is 0.382 e. The van der Waals surface area contributed by atoms with Gasteiger partial charge in [-0.3, -0.25) is 0 Å². The highest BCUT2D eigenvalue weighted by molar-refractivity contribution is 5.30. The lowest BCUT2D eigenvalue weighted by Crippen LogP contribution is -2.36. The summed E-state index contributed by atoms with van der Waals surface area (Å²) >= 11 is 0. The molecule has 2 unspecified atom stereocenters. The normalized spacial score (nSPS) is 26.6. The fourth-order valence-corrected chi connectivity index (χ4v) is 3.79. The third-order valence-electron chi connectivity index (χ3n) is 5.23. The molecule has 1 aromatic carbocycles. The molecule has 0 bridgehead atoms. The number of allylic oxidation sites excluding steroid dienone is 11. The zero-order valence-corrected chi connectivity index (χ0v) is 17.0. The Labute approximate surface area is 175 Å². The first-order chi connectivity index (χ1) is 14.4. The van der Waals surface area contributed by atoms with Gasteiger partial charge in [-0.25, -0.2) is 0 Å². The quantitative estimate of drug-likeness (QED) is 0.588. The Morgan fingerprint density at radius 3 is 1.83 bits per heavy atom. The Balaban J connectivity index is 1.84. The van der Waals surface area contributed by atoms with Crippen molar-refractivity contribution < 1.29 is 0 Å². The number of hydrogen-bond acceptors (Lipinski definition) is 1. The Hall–Kier alpha value is -3.06. The van der Waals surface area contributed by atoms with Gasteiger partial charge in [-0.2, -0.15) is 0 Å². The maximum absolute atomic E-state index is 3.84. The molecule has 148 valence electrons. The van der Waals surface area contributed by atoms with Crippen LogP contribution in [0.2, 0.25) is 0 Å². The third kappa shape index (κ3) is 7.46. The Morgan fingerprint density at radius 1 is 0.586 bits per heavy atom. The number of rotatable bonds is 3. The van der Waals surface area contributed by atoms with E-state index in [1.807, 2.05) is 18.2 Å². The van der Waals surface area contributed by atoms with Crippen LogP contribution in [-0.4, -0.2) is 6.04 Å². The van der Waals surface area contributed by atoms with Crippen molar-refractivity contribution in [3.8, 4) is 0 Å². The summed E-state index contributed by atoms with van der Waals surface area (Å²) in [6.45, 7) is 0. The van der Waals surface area contributed by atoms with Crippen molar-refractivity contribution in [1.82, 2.24) is 5.32 Å². The van der Waals surface area contributed by atoms with Gasteiger partial charge in [-0.05, 0) is 30.6 Å². The van der Waals surface area contributed by atoms with E-state index in [0.717, 1.165) is 5.70 Å². The summed E-state index contributed by atoms with van der Waals surface area (Å²) in [6, 6.07) is 19.7. The van der Waals surface area contributed by atoms with E-state index in [9.17, 15) is 0 Å². The van der Waals surface area contributed by atoms with Crippen molar-refractivity contribution in [2.75, 3.05) is 0 Å². The molecular weight excluding hydrogens is 350 g/mol. The van der Waals surface area contributed by atoms with Gasteiger partial charge in [-0.1, -0.05) is 122 Å².